The lowest BCUT2D eigenvalue weighted by atomic mass is 9.58. The molecule has 0 bridgehead atoms. The van der Waals surface area contributed by atoms with Gasteiger partial charge in [0.1, 0.15) is 0 Å². The second-order valence-electron chi connectivity index (χ2n) is 9.12. The van der Waals surface area contributed by atoms with E-state index < -0.39 is 5.97 Å². The number of carboxylic acids is 1. The average molecular weight is 338 g/mol. The minimum absolute atomic E-state index is 0.139. The highest BCUT2D eigenvalue weighted by Gasteiger charge is 2.42. The zero-order valence-corrected chi connectivity index (χ0v) is 15.2. The number of aliphatic carboxylic acids is 1. The molecule has 2 fully saturated rings. The standard InChI is InChI=1S/C23H30O2/c24-23(25)16-6-5-15-8-10-20-19-9-7-14-3-1-2-4-17(14)18(19)11-12-21(20)22(15)13-16/h11-12,14-16,19-20H,1-10,13H2,(H,24,25). The zero-order valence-electron chi connectivity index (χ0n) is 15.2. The maximum absolute atomic E-state index is 11.5. The molecule has 5 rings (SSSR count). The maximum atomic E-state index is 11.5. The number of allylic oxidation sites excluding steroid dienone is 6. The van der Waals surface area contributed by atoms with Gasteiger partial charge in [-0.2, -0.15) is 0 Å². The van der Waals surface area contributed by atoms with Gasteiger partial charge < -0.3 is 5.11 Å². The van der Waals surface area contributed by atoms with E-state index >= 15 is 0 Å². The van der Waals surface area contributed by atoms with Crippen molar-refractivity contribution in [2.75, 3.05) is 0 Å². The fourth-order valence-corrected chi connectivity index (χ4v) is 6.80. The Kier molecular flexibility index (Phi) is 3.91. The topological polar surface area (TPSA) is 37.3 Å². The first-order valence-electron chi connectivity index (χ1n) is 10.6. The highest BCUT2D eigenvalue weighted by molar-refractivity contribution is 5.71. The predicted octanol–water partition coefficient (Wildman–Crippen LogP) is 5.66. The Hall–Kier alpha value is -1.31. The van der Waals surface area contributed by atoms with Crippen LogP contribution in [-0.2, 0) is 4.79 Å². The van der Waals surface area contributed by atoms with Crippen LogP contribution in [0.1, 0.15) is 70.6 Å². The van der Waals surface area contributed by atoms with Gasteiger partial charge in [-0.25, -0.2) is 0 Å². The molecule has 5 aliphatic rings. The molecule has 0 aliphatic heterocycles. The molecule has 0 aromatic rings. The van der Waals surface area contributed by atoms with Crippen molar-refractivity contribution in [3.63, 3.8) is 0 Å². The third-order valence-electron chi connectivity index (χ3n) is 8.03. The summed E-state index contributed by atoms with van der Waals surface area (Å²) in [6, 6.07) is 0. The van der Waals surface area contributed by atoms with Crippen LogP contribution in [0.5, 0.6) is 0 Å². The first kappa shape index (κ1) is 15.9. The van der Waals surface area contributed by atoms with E-state index in [-0.39, 0.29) is 5.92 Å². The van der Waals surface area contributed by atoms with Gasteiger partial charge >= 0.3 is 5.97 Å². The van der Waals surface area contributed by atoms with Crippen molar-refractivity contribution in [1.29, 1.82) is 0 Å². The van der Waals surface area contributed by atoms with E-state index in [1.54, 1.807) is 16.7 Å². The molecule has 0 spiro atoms. The average Bonchev–Trinajstić information content (AvgIpc) is 2.66. The van der Waals surface area contributed by atoms with E-state index in [2.05, 4.69) is 12.2 Å². The summed E-state index contributed by atoms with van der Waals surface area (Å²) in [5, 5.41) is 9.49. The van der Waals surface area contributed by atoms with Gasteiger partial charge in [0.15, 0.2) is 0 Å². The largest absolute Gasteiger partial charge is 0.481 e. The third-order valence-corrected chi connectivity index (χ3v) is 8.03. The lowest BCUT2D eigenvalue weighted by Gasteiger charge is -2.46. The Balaban J connectivity index is 1.54. The van der Waals surface area contributed by atoms with Gasteiger partial charge in [-0.05, 0) is 99.0 Å². The van der Waals surface area contributed by atoms with Crippen molar-refractivity contribution in [3.05, 3.63) is 34.4 Å². The highest BCUT2D eigenvalue weighted by atomic mass is 16.4. The molecule has 2 nitrogen and oxygen atoms in total. The fraction of sp³-hybridized carbons (Fsp3) is 0.696. The molecule has 0 amide bonds. The normalized spacial score (nSPS) is 40.1. The van der Waals surface area contributed by atoms with Crippen LogP contribution in [0.15, 0.2) is 34.4 Å². The van der Waals surface area contributed by atoms with Crippen LogP contribution in [0.25, 0.3) is 0 Å². The smallest absolute Gasteiger partial charge is 0.306 e. The van der Waals surface area contributed by atoms with Crippen LogP contribution in [-0.4, -0.2) is 11.1 Å². The minimum atomic E-state index is -0.584. The minimum Gasteiger partial charge on any atom is -0.481 e. The fourth-order valence-electron chi connectivity index (χ4n) is 6.80. The predicted molar refractivity (Wildman–Crippen MR) is 99.1 cm³/mol. The molecule has 2 saturated carbocycles. The van der Waals surface area contributed by atoms with E-state index in [1.807, 2.05) is 0 Å². The number of hydrogen-bond donors (Lipinski definition) is 1. The van der Waals surface area contributed by atoms with Crippen molar-refractivity contribution in [3.8, 4) is 0 Å². The molecule has 0 saturated heterocycles. The van der Waals surface area contributed by atoms with Crippen molar-refractivity contribution < 1.29 is 9.90 Å². The first-order chi connectivity index (χ1) is 12.2. The molecule has 134 valence electrons. The van der Waals surface area contributed by atoms with Crippen LogP contribution in [0.3, 0.4) is 0 Å². The van der Waals surface area contributed by atoms with Gasteiger partial charge in [-0.15, -0.1) is 0 Å². The van der Waals surface area contributed by atoms with E-state index in [1.165, 1.54) is 56.9 Å². The number of carbonyl (C=O) groups is 1. The van der Waals surface area contributed by atoms with Crippen molar-refractivity contribution in [2.24, 2.45) is 29.6 Å². The number of carboxylic acid groups (broad SMARTS) is 1. The molecular weight excluding hydrogens is 308 g/mol. The van der Waals surface area contributed by atoms with Gasteiger partial charge in [0.25, 0.3) is 0 Å². The molecular formula is C23H30O2. The summed E-state index contributed by atoms with van der Waals surface area (Å²) >= 11 is 0. The Morgan fingerprint density at radius 3 is 2.16 bits per heavy atom. The second kappa shape index (κ2) is 6.14. The van der Waals surface area contributed by atoms with E-state index in [0.717, 1.165) is 31.1 Å². The van der Waals surface area contributed by atoms with Crippen LogP contribution in [0, 0.1) is 29.6 Å². The van der Waals surface area contributed by atoms with Gasteiger partial charge in [0.05, 0.1) is 5.92 Å². The molecule has 0 aromatic carbocycles. The molecule has 5 unspecified atom stereocenters. The summed E-state index contributed by atoms with van der Waals surface area (Å²) < 4.78 is 0. The van der Waals surface area contributed by atoms with Gasteiger partial charge in [-0.1, -0.05) is 29.7 Å². The summed E-state index contributed by atoms with van der Waals surface area (Å²) in [5.74, 6) is 2.25. The first-order valence-corrected chi connectivity index (χ1v) is 10.6. The highest BCUT2D eigenvalue weighted by Crippen LogP contribution is 2.54. The third kappa shape index (κ3) is 2.55. The van der Waals surface area contributed by atoms with E-state index in [4.69, 9.17) is 0 Å². The summed E-state index contributed by atoms with van der Waals surface area (Å²) in [4.78, 5) is 11.5. The SMILES string of the molecule is O=C(O)C1CCC2CCC3C(=C2C1)C=CC1=C2CCCCC2CCC13. The summed E-state index contributed by atoms with van der Waals surface area (Å²) in [7, 11) is 0. The summed E-state index contributed by atoms with van der Waals surface area (Å²) in [6.45, 7) is 0. The Bertz CT molecular complexity index is 680. The van der Waals surface area contributed by atoms with Gasteiger partial charge in [-0.3, -0.25) is 4.79 Å². The molecule has 0 aromatic heterocycles. The summed E-state index contributed by atoms with van der Waals surface area (Å²) in [5.41, 5.74) is 6.60. The molecule has 5 aliphatic carbocycles. The van der Waals surface area contributed by atoms with Crippen LogP contribution in [0.2, 0.25) is 0 Å². The van der Waals surface area contributed by atoms with Crippen LogP contribution < -0.4 is 0 Å². The number of rotatable bonds is 1. The Labute approximate surface area is 151 Å². The lowest BCUT2D eigenvalue weighted by Crippen LogP contribution is -2.35. The lowest BCUT2D eigenvalue weighted by molar-refractivity contribution is -0.142. The monoisotopic (exact) mass is 338 g/mol. The molecule has 25 heavy (non-hydrogen) atoms. The molecule has 1 N–H and O–H groups in total. The van der Waals surface area contributed by atoms with Crippen LogP contribution >= 0.6 is 0 Å². The van der Waals surface area contributed by atoms with E-state index in [9.17, 15) is 9.90 Å². The van der Waals surface area contributed by atoms with E-state index in [0.29, 0.717) is 11.8 Å². The Morgan fingerprint density at radius 2 is 1.44 bits per heavy atom. The van der Waals surface area contributed by atoms with Crippen molar-refractivity contribution in [1.82, 2.24) is 0 Å². The van der Waals surface area contributed by atoms with Gasteiger partial charge in [0.2, 0.25) is 0 Å². The van der Waals surface area contributed by atoms with Crippen molar-refractivity contribution in [2.45, 2.75) is 70.6 Å². The second-order valence-corrected chi connectivity index (χ2v) is 9.12. The number of hydrogen-bond acceptors (Lipinski definition) is 1. The van der Waals surface area contributed by atoms with Crippen molar-refractivity contribution >= 4 is 5.97 Å². The maximum Gasteiger partial charge on any atom is 0.306 e. The summed E-state index contributed by atoms with van der Waals surface area (Å²) in [6.07, 6.45) is 18.6. The molecule has 0 heterocycles. The van der Waals surface area contributed by atoms with Gasteiger partial charge in [0, 0.05) is 0 Å². The zero-order chi connectivity index (χ0) is 17.0. The Morgan fingerprint density at radius 1 is 0.800 bits per heavy atom. The number of fused-ring (bicyclic) bond motifs is 5. The molecule has 5 atom stereocenters. The van der Waals surface area contributed by atoms with Crippen LogP contribution in [0.4, 0.5) is 0 Å². The molecule has 0 radical (unpaired) electrons. The quantitative estimate of drug-likeness (QED) is 0.670. The molecule has 2 heteroatoms.